The van der Waals surface area contributed by atoms with Crippen molar-refractivity contribution in [3.63, 3.8) is 0 Å². The van der Waals surface area contributed by atoms with Gasteiger partial charge in [0.05, 0.1) is 10.0 Å². The lowest BCUT2D eigenvalue weighted by Crippen LogP contribution is -1.99. The van der Waals surface area contributed by atoms with Crippen molar-refractivity contribution < 1.29 is 4.39 Å². The maximum atomic E-state index is 13.2. The topological polar surface area (TPSA) is 50.7 Å². The van der Waals surface area contributed by atoms with Gasteiger partial charge >= 0.3 is 0 Å². The van der Waals surface area contributed by atoms with E-state index in [4.69, 9.17) is 46.4 Å². The fourth-order valence-corrected chi connectivity index (χ4v) is 1.99. The number of hydrogen-bond acceptors (Lipinski definition) is 4. The molecule has 18 heavy (non-hydrogen) atoms. The maximum Gasteiger partial charge on any atom is 0.232 e. The Bertz CT molecular complexity index is 564. The molecular formula is C9H3Cl4FN4. The number of benzene rings is 1. The molecule has 0 saturated heterocycles. The summed E-state index contributed by atoms with van der Waals surface area (Å²) in [5.74, 6) is -0.602. The number of hydrogen-bond donors (Lipinski definition) is 1. The van der Waals surface area contributed by atoms with Crippen LogP contribution < -0.4 is 5.32 Å². The van der Waals surface area contributed by atoms with Crippen LogP contribution in [0.15, 0.2) is 12.1 Å². The van der Waals surface area contributed by atoms with E-state index in [0.29, 0.717) is 5.69 Å². The first-order valence-corrected chi connectivity index (χ1v) is 5.95. The lowest BCUT2D eigenvalue weighted by atomic mass is 10.3. The minimum atomic E-state index is -0.699. The molecule has 0 aliphatic carbocycles. The molecule has 0 saturated carbocycles. The Hall–Kier alpha value is -0.880. The molecule has 1 N–H and O–H groups in total. The zero-order valence-electron chi connectivity index (χ0n) is 8.39. The molecule has 0 fully saturated rings. The summed E-state index contributed by atoms with van der Waals surface area (Å²) in [7, 11) is 0. The summed E-state index contributed by atoms with van der Waals surface area (Å²) in [4.78, 5) is 11.1. The van der Waals surface area contributed by atoms with E-state index in [1.54, 1.807) is 0 Å². The summed E-state index contributed by atoms with van der Waals surface area (Å²) in [6.07, 6.45) is 0. The lowest BCUT2D eigenvalue weighted by molar-refractivity contribution is 0.629. The SMILES string of the molecule is Fc1c(Cl)cc(Nc2nc(Cl)nc(Cl)n2)cc1Cl. The Morgan fingerprint density at radius 3 is 1.89 bits per heavy atom. The van der Waals surface area contributed by atoms with E-state index in [2.05, 4.69) is 20.3 Å². The van der Waals surface area contributed by atoms with Gasteiger partial charge in [-0.1, -0.05) is 23.2 Å². The van der Waals surface area contributed by atoms with Gasteiger partial charge in [-0.25, -0.2) is 4.39 Å². The van der Waals surface area contributed by atoms with Crippen LogP contribution in [0.1, 0.15) is 0 Å². The number of rotatable bonds is 2. The molecule has 0 radical (unpaired) electrons. The van der Waals surface area contributed by atoms with Crippen LogP contribution in [0.2, 0.25) is 20.6 Å². The highest BCUT2D eigenvalue weighted by Gasteiger charge is 2.09. The average molecular weight is 328 g/mol. The molecule has 0 unspecified atom stereocenters. The predicted molar refractivity (Wildman–Crippen MR) is 69.5 cm³/mol. The summed E-state index contributed by atoms with van der Waals surface area (Å²) in [5, 5.41) is 2.33. The first-order valence-electron chi connectivity index (χ1n) is 4.44. The Labute approximate surface area is 121 Å². The van der Waals surface area contributed by atoms with Crippen LogP contribution in [0.3, 0.4) is 0 Å². The molecule has 4 nitrogen and oxygen atoms in total. The minimum Gasteiger partial charge on any atom is -0.324 e. The molecule has 0 aliphatic heterocycles. The minimum absolute atomic E-state index is 0.0724. The van der Waals surface area contributed by atoms with Crippen molar-refractivity contribution in [2.24, 2.45) is 0 Å². The molecule has 0 spiro atoms. The van der Waals surface area contributed by atoms with E-state index in [1.165, 1.54) is 12.1 Å². The van der Waals surface area contributed by atoms with Crippen molar-refractivity contribution in [2.45, 2.75) is 0 Å². The predicted octanol–water partition coefficient (Wildman–Crippen LogP) is 4.37. The molecule has 2 aromatic rings. The van der Waals surface area contributed by atoms with Crippen molar-refractivity contribution >= 4 is 58.0 Å². The molecule has 1 aromatic heterocycles. The first kappa shape index (κ1) is 13.5. The number of aromatic nitrogens is 3. The van der Waals surface area contributed by atoms with Gasteiger partial charge in [-0.05, 0) is 35.3 Å². The van der Waals surface area contributed by atoms with Crippen molar-refractivity contribution in [2.75, 3.05) is 5.32 Å². The standard InChI is InChI=1S/C9H3Cl4FN4/c10-4-1-3(2-5(11)6(4)14)15-9-17-7(12)16-8(13)18-9/h1-2H,(H,15,16,17,18). The van der Waals surface area contributed by atoms with Gasteiger partial charge in [-0.2, -0.15) is 15.0 Å². The van der Waals surface area contributed by atoms with Gasteiger partial charge in [0.25, 0.3) is 0 Å². The number of nitrogens with one attached hydrogen (secondary N) is 1. The molecule has 9 heteroatoms. The highest BCUT2D eigenvalue weighted by Crippen LogP contribution is 2.28. The molecule has 0 bridgehead atoms. The highest BCUT2D eigenvalue weighted by atomic mass is 35.5. The smallest absolute Gasteiger partial charge is 0.232 e. The summed E-state index contributed by atoms with van der Waals surface area (Å²) in [5.41, 5.74) is 0.393. The highest BCUT2D eigenvalue weighted by molar-refractivity contribution is 6.35. The number of halogens is 5. The third-order valence-electron chi connectivity index (χ3n) is 1.82. The normalized spacial score (nSPS) is 10.5. The van der Waals surface area contributed by atoms with Crippen LogP contribution in [0, 0.1) is 5.82 Å². The molecule has 94 valence electrons. The van der Waals surface area contributed by atoms with Gasteiger partial charge in [-0.3, -0.25) is 0 Å². The largest absolute Gasteiger partial charge is 0.324 e. The summed E-state index contributed by atoms with van der Waals surface area (Å²) < 4.78 is 13.2. The summed E-state index contributed by atoms with van der Waals surface area (Å²) in [6.45, 7) is 0. The van der Waals surface area contributed by atoms with E-state index in [1.807, 2.05) is 0 Å². The van der Waals surface area contributed by atoms with E-state index in [0.717, 1.165) is 0 Å². The second-order valence-corrected chi connectivity index (χ2v) is 4.57. The molecule has 2 rings (SSSR count). The van der Waals surface area contributed by atoms with Crippen molar-refractivity contribution in [1.29, 1.82) is 0 Å². The second-order valence-electron chi connectivity index (χ2n) is 3.08. The van der Waals surface area contributed by atoms with Crippen LogP contribution in [0.4, 0.5) is 16.0 Å². The molecule has 1 aromatic carbocycles. The number of anilines is 2. The van der Waals surface area contributed by atoms with E-state index >= 15 is 0 Å². The summed E-state index contributed by atoms with van der Waals surface area (Å²) in [6, 6.07) is 2.66. The molecule has 0 atom stereocenters. The maximum absolute atomic E-state index is 13.2. The van der Waals surface area contributed by atoms with Crippen LogP contribution in [0.25, 0.3) is 0 Å². The van der Waals surface area contributed by atoms with Gasteiger partial charge in [0.2, 0.25) is 16.5 Å². The average Bonchev–Trinajstić information content (AvgIpc) is 2.24. The lowest BCUT2D eigenvalue weighted by Gasteiger charge is -2.06. The van der Waals surface area contributed by atoms with Crippen molar-refractivity contribution in [3.8, 4) is 0 Å². The molecule has 0 aliphatic rings. The number of nitrogens with zero attached hydrogens (tertiary/aromatic N) is 3. The molecule has 0 amide bonds. The fraction of sp³-hybridized carbons (Fsp3) is 0. The second kappa shape index (κ2) is 5.40. The van der Waals surface area contributed by atoms with E-state index in [9.17, 15) is 4.39 Å². The monoisotopic (exact) mass is 326 g/mol. The molecular weight excluding hydrogens is 325 g/mol. The van der Waals surface area contributed by atoms with Crippen LogP contribution in [-0.4, -0.2) is 15.0 Å². The van der Waals surface area contributed by atoms with E-state index < -0.39 is 5.82 Å². The third-order valence-corrected chi connectivity index (χ3v) is 2.71. The van der Waals surface area contributed by atoms with E-state index in [-0.39, 0.29) is 26.6 Å². The van der Waals surface area contributed by atoms with Gasteiger partial charge in [0.15, 0.2) is 5.82 Å². The van der Waals surface area contributed by atoms with Crippen LogP contribution >= 0.6 is 46.4 Å². The molecule has 1 heterocycles. The Morgan fingerprint density at radius 1 is 0.889 bits per heavy atom. The zero-order chi connectivity index (χ0) is 13.3. The van der Waals surface area contributed by atoms with Gasteiger partial charge < -0.3 is 5.32 Å². The van der Waals surface area contributed by atoms with Gasteiger partial charge in [-0.15, -0.1) is 0 Å². The Balaban J connectivity index is 2.34. The summed E-state index contributed by atoms with van der Waals surface area (Å²) >= 11 is 22.5. The van der Waals surface area contributed by atoms with Gasteiger partial charge in [0.1, 0.15) is 0 Å². The van der Waals surface area contributed by atoms with Crippen molar-refractivity contribution in [3.05, 3.63) is 38.6 Å². The Morgan fingerprint density at radius 2 is 1.39 bits per heavy atom. The van der Waals surface area contributed by atoms with Crippen LogP contribution in [0.5, 0.6) is 0 Å². The first-order chi connectivity index (χ1) is 8.45. The van der Waals surface area contributed by atoms with Crippen LogP contribution in [-0.2, 0) is 0 Å². The third kappa shape index (κ3) is 3.11. The Kier molecular flexibility index (Phi) is 4.07. The van der Waals surface area contributed by atoms with Crippen molar-refractivity contribution in [1.82, 2.24) is 15.0 Å². The zero-order valence-corrected chi connectivity index (χ0v) is 11.4. The van der Waals surface area contributed by atoms with Gasteiger partial charge in [0, 0.05) is 5.69 Å². The fourth-order valence-electron chi connectivity index (χ4n) is 1.14. The quantitative estimate of drug-likeness (QED) is 0.832.